The number of hydrogen-bond acceptors (Lipinski definition) is 4. The predicted octanol–water partition coefficient (Wildman–Crippen LogP) is 6.86. The van der Waals surface area contributed by atoms with Gasteiger partial charge in [0.15, 0.2) is 11.5 Å². The van der Waals surface area contributed by atoms with E-state index in [-0.39, 0.29) is 10.8 Å². The van der Waals surface area contributed by atoms with Gasteiger partial charge < -0.3 is 9.47 Å². The minimum absolute atomic E-state index is 0.0296. The van der Waals surface area contributed by atoms with Crippen LogP contribution in [0.3, 0.4) is 0 Å². The first kappa shape index (κ1) is 22.4. The van der Waals surface area contributed by atoms with Gasteiger partial charge >= 0.3 is 11.9 Å². The molecule has 4 nitrogen and oxygen atoms in total. The highest BCUT2D eigenvalue weighted by Crippen LogP contribution is 2.60. The normalized spacial score (nSPS) is 22.8. The number of fused-ring (bicyclic) bond motifs is 2. The fraction of sp³-hybridized carbons (Fsp3) is 0.333. The minimum atomic E-state index is -0.470. The van der Waals surface area contributed by atoms with E-state index >= 15 is 0 Å². The van der Waals surface area contributed by atoms with Crippen LogP contribution in [-0.4, -0.2) is 11.9 Å². The lowest BCUT2D eigenvalue weighted by Gasteiger charge is -2.55. The molecule has 6 rings (SSSR count). The smallest absolute Gasteiger partial charge is 0.343 e. The van der Waals surface area contributed by atoms with Crippen LogP contribution in [0.2, 0.25) is 0 Å². The average Bonchev–Trinajstić information content (AvgIpc) is 2.86. The summed E-state index contributed by atoms with van der Waals surface area (Å²) >= 11 is 0. The van der Waals surface area contributed by atoms with Crippen molar-refractivity contribution < 1.29 is 19.1 Å². The Bertz CT molecular complexity index is 1220. The van der Waals surface area contributed by atoms with Gasteiger partial charge in [-0.2, -0.15) is 0 Å². The molecule has 0 spiro atoms. The Morgan fingerprint density at radius 3 is 1.59 bits per heavy atom. The van der Waals surface area contributed by atoms with Gasteiger partial charge in [-0.3, -0.25) is 0 Å². The van der Waals surface area contributed by atoms with Crippen molar-refractivity contribution in [2.75, 3.05) is 0 Å². The molecule has 3 aromatic carbocycles. The maximum Gasteiger partial charge on any atom is 0.343 e. The summed E-state index contributed by atoms with van der Waals surface area (Å²) in [5, 5.41) is 0. The summed E-state index contributed by atoms with van der Waals surface area (Å²) in [4.78, 5) is 25.9. The monoisotopic (exact) mass is 454 g/mol. The summed E-state index contributed by atoms with van der Waals surface area (Å²) in [6, 6.07) is 21.7. The molecule has 1 fully saturated rings. The van der Waals surface area contributed by atoms with Gasteiger partial charge in [0.1, 0.15) is 0 Å². The lowest BCUT2D eigenvalue weighted by Crippen LogP contribution is -2.48. The van der Waals surface area contributed by atoms with E-state index in [1.807, 2.05) is 24.3 Å². The number of carbonyl (C=O) groups is 2. The summed E-state index contributed by atoms with van der Waals surface area (Å²) in [6.45, 7) is 6.85. The van der Waals surface area contributed by atoms with Gasteiger partial charge in [-0.15, -0.1) is 0 Å². The minimum Gasteiger partial charge on any atom is -0.419 e. The Hall–Kier alpha value is -3.40. The zero-order chi connectivity index (χ0) is 23.9. The Morgan fingerprint density at radius 2 is 1.15 bits per heavy atom. The van der Waals surface area contributed by atoms with E-state index < -0.39 is 11.9 Å². The van der Waals surface area contributed by atoms with Crippen LogP contribution in [0.15, 0.2) is 72.8 Å². The second kappa shape index (κ2) is 8.43. The first-order valence-electron chi connectivity index (χ1n) is 12.1. The van der Waals surface area contributed by atoms with Crippen LogP contribution in [0.1, 0.15) is 78.3 Å². The van der Waals surface area contributed by atoms with Crippen molar-refractivity contribution in [2.24, 2.45) is 5.92 Å². The molecule has 0 N–H and O–H groups in total. The molecule has 1 saturated carbocycles. The number of benzene rings is 3. The third kappa shape index (κ3) is 3.71. The lowest BCUT2D eigenvalue weighted by molar-refractivity contribution is 0.0678. The highest BCUT2D eigenvalue weighted by molar-refractivity contribution is 5.93. The first-order chi connectivity index (χ1) is 16.3. The van der Waals surface area contributed by atoms with E-state index in [1.54, 1.807) is 48.5 Å². The first-order valence-corrected chi connectivity index (χ1v) is 12.1. The summed E-state index contributed by atoms with van der Waals surface area (Å²) in [5.41, 5.74) is 3.43. The van der Waals surface area contributed by atoms with Gasteiger partial charge in [-0.05, 0) is 90.0 Å². The van der Waals surface area contributed by atoms with Gasteiger partial charge in [0.2, 0.25) is 0 Å². The van der Waals surface area contributed by atoms with Crippen molar-refractivity contribution in [3.8, 4) is 11.5 Å². The lowest BCUT2D eigenvalue weighted by atomic mass is 9.49. The Labute approximate surface area is 200 Å². The second-order valence-electron chi connectivity index (χ2n) is 10.2. The number of esters is 2. The van der Waals surface area contributed by atoms with Crippen molar-refractivity contribution in [3.05, 3.63) is 95.1 Å². The van der Waals surface area contributed by atoms with Crippen LogP contribution in [0, 0.1) is 5.92 Å². The highest BCUT2D eigenvalue weighted by atomic mass is 16.6. The van der Waals surface area contributed by atoms with E-state index in [0.717, 1.165) is 25.7 Å². The zero-order valence-electron chi connectivity index (χ0n) is 20.0. The van der Waals surface area contributed by atoms with E-state index in [2.05, 4.69) is 20.8 Å². The molecule has 0 radical (unpaired) electrons. The quantitative estimate of drug-likeness (QED) is 0.312. The fourth-order valence-corrected chi connectivity index (χ4v) is 5.77. The molecule has 174 valence electrons. The van der Waals surface area contributed by atoms with E-state index in [0.29, 0.717) is 28.5 Å². The largest absolute Gasteiger partial charge is 0.419 e. The third-order valence-corrected chi connectivity index (χ3v) is 8.05. The Kier molecular flexibility index (Phi) is 5.55. The maximum atomic E-state index is 13.0. The van der Waals surface area contributed by atoms with Crippen LogP contribution in [0.25, 0.3) is 0 Å². The van der Waals surface area contributed by atoms with Crippen molar-refractivity contribution in [1.29, 1.82) is 0 Å². The van der Waals surface area contributed by atoms with Crippen molar-refractivity contribution in [3.63, 3.8) is 0 Å². The molecule has 0 heterocycles. The van der Waals surface area contributed by atoms with E-state index in [1.165, 1.54) is 11.1 Å². The van der Waals surface area contributed by atoms with Gasteiger partial charge in [-0.25, -0.2) is 9.59 Å². The average molecular weight is 455 g/mol. The number of ether oxygens (including phenoxy) is 2. The molecule has 3 aliphatic rings. The Balaban J connectivity index is 1.61. The predicted molar refractivity (Wildman–Crippen MR) is 132 cm³/mol. The van der Waals surface area contributed by atoms with Crippen LogP contribution in [-0.2, 0) is 10.8 Å². The molecule has 0 amide bonds. The van der Waals surface area contributed by atoms with Crippen LogP contribution >= 0.6 is 0 Å². The van der Waals surface area contributed by atoms with E-state index in [9.17, 15) is 9.59 Å². The van der Waals surface area contributed by atoms with Gasteiger partial charge in [0.25, 0.3) is 0 Å². The number of carbonyl (C=O) groups excluding carboxylic acids is 2. The zero-order valence-corrected chi connectivity index (χ0v) is 20.0. The summed E-state index contributed by atoms with van der Waals surface area (Å²) in [6.07, 6.45) is 4.44. The van der Waals surface area contributed by atoms with E-state index in [4.69, 9.17) is 9.47 Å². The third-order valence-electron chi connectivity index (χ3n) is 8.05. The fourth-order valence-electron chi connectivity index (χ4n) is 5.77. The molecule has 2 bridgehead atoms. The summed E-state index contributed by atoms with van der Waals surface area (Å²) in [5.74, 6) is 0.106. The molecule has 34 heavy (non-hydrogen) atoms. The number of rotatable bonds is 5. The highest BCUT2D eigenvalue weighted by Gasteiger charge is 2.52. The molecule has 0 aromatic heterocycles. The number of hydrogen-bond donors (Lipinski definition) is 0. The van der Waals surface area contributed by atoms with Crippen LogP contribution in [0.4, 0.5) is 0 Å². The standard InChI is InChI=1S/C30H30O4/c1-20(2)30-16-14-29(3,15-17-30)23-18-25(33-27(31)21-10-6-4-7-11-21)26(19-24(23)30)34-28(32)22-12-8-5-9-13-22/h4-13,18-20H,14-17H2,1-3H3. The van der Waals surface area contributed by atoms with Crippen LogP contribution in [0.5, 0.6) is 11.5 Å². The van der Waals surface area contributed by atoms with Gasteiger partial charge in [0.05, 0.1) is 11.1 Å². The second-order valence-corrected chi connectivity index (χ2v) is 10.2. The van der Waals surface area contributed by atoms with Crippen LogP contribution < -0.4 is 9.47 Å². The summed E-state index contributed by atoms with van der Waals surface area (Å²) in [7, 11) is 0. The molecular formula is C30H30O4. The van der Waals surface area contributed by atoms with Gasteiger partial charge in [0, 0.05) is 0 Å². The van der Waals surface area contributed by atoms with Crippen molar-refractivity contribution in [2.45, 2.75) is 57.3 Å². The topological polar surface area (TPSA) is 52.6 Å². The molecule has 0 aliphatic heterocycles. The molecular weight excluding hydrogens is 424 g/mol. The molecule has 3 aliphatic carbocycles. The molecule has 0 unspecified atom stereocenters. The molecule has 0 atom stereocenters. The SMILES string of the molecule is CC(C)C12CCC(C)(CC1)c1cc(OC(=O)c3ccccc3)c(OC(=O)c3ccccc3)cc12. The van der Waals surface area contributed by atoms with Crippen molar-refractivity contribution in [1.82, 2.24) is 0 Å². The van der Waals surface area contributed by atoms with Crippen molar-refractivity contribution >= 4 is 11.9 Å². The summed E-state index contributed by atoms with van der Waals surface area (Å²) < 4.78 is 11.7. The molecule has 0 saturated heterocycles. The van der Waals surface area contributed by atoms with Gasteiger partial charge in [-0.1, -0.05) is 57.2 Å². The molecule has 4 heteroatoms. The maximum absolute atomic E-state index is 13.0. The Morgan fingerprint density at radius 1 is 0.706 bits per heavy atom. The molecule has 3 aromatic rings.